The van der Waals surface area contributed by atoms with E-state index in [0.717, 1.165) is 0 Å². The number of nitrogens with two attached hydrogens (primary N) is 1. The predicted octanol–water partition coefficient (Wildman–Crippen LogP) is 1.02. The van der Waals surface area contributed by atoms with Crippen LogP contribution in [0.25, 0.3) is 0 Å². The molecule has 1 atom stereocenters. The minimum atomic E-state index is -0.624. The van der Waals surface area contributed by atoms with Gasteiger partial charge in [0.15, 0.2) is 0 Å². The van der Waals surface area contributed by atoms with Crippen molar-refractivity contribution in [1.82, 2.24) is 0 Å². The SMILES string of the molecule is CN1C(=O)[C@@H](N)COc2cc(Cl)ccc21. The molecule has 80 valence electrons. The van der Waals surface area contributed by atoms with E-state index in [-0.39, 0.29) is 12.5 Å². The molecule has 0 radical (unpaired) electrons. The second kappa shape index (κ2) is 3.72. The first-order chi connectivity index (χ1) is 7.09. The van der Waals surface area contributed by atoms with Crippen molar-refractivity contribution in [3.63, 3.8) is 0 Å². The van der Waals surface area contributed by atoms with Crippen LogP contribution in [0.1, 0.15) is 0 Å². The van der Waals surface area contributed by atoms with Crippen LogP contribution < -0.4 is 15.4 Å². The number of halogens is 1. The summed E-state index contributed by atoms with van der Waals surface area (Å²) in [6.45, 7) is 0.177. The molecular weight excluding hydrogens is 216 g/mol. The van der Waals surface area contributed by atoms with Crippen LogP contribution in [0.4, 0.5) is 5.69 Å². The summed E-state index contributed by atoms with van der Waals surface area (Å²) in [5.74, 6) is 0.433. The summed E-state index contributed by atoms with van der Waals surface area (Å²) in [4.78, 5) is 13.2. The lowest BCUT2D eigenvalue weighted by Crippen LogP contribution is -2.43. The predicted molar refractivity (Wildman–Crippen MR) is 58.3 cm³/mol. The van der Waals surface area contributed by atoms with Crippen molar-refractivity contribution < 1.29 is 9.53 Å². The van der Waals surface area contributed by atoms with Gasteiger partial charge in [0.1, 0.15) is 18.4 Å². The number of carbonyl (C=O) groups excluding carboxylic acids is 1. The molecule has 0 unspecified atom stereocenters. The highest BCUT2D eigenvalue weighted by atomic mass is 35.5. The van der Waals surface area contributed by atoms with Crippen molar-refractivity contribution in [2.24, 2.45) is 5.73 Å². The van der Waals surface area contributed by atoms with Gasteiger partial charge in [-0.2, -0.15) is 0 Å². The molecule has 1 aromatic carbocycles. The molecule has 0 fully saturated rings. The third-order valence-electron chi connectivity index (χ3n) is 2.35. The zero-order chi connectivity index (χ0) is 11.0. The van der Waals surface area contributed by atoms with Crippen molar-refractivity contribution in [3.05, 3.63) is 23.2 Å². The number of benzene rings is 1. The topological polar surface area (TPSA) is 55.6 Å². The zero-order valence-electron chi connectivity index (χ0n) is 8.24. The lowest BCUT2D eigenvalue weighted by atomic mass is 10.2. The average molecular weight is 227 g/mol. The van der Waals surface area contributed by atoms with Crippen LogP contribution in [-0.2, 0) is 4.79 Å². The largest absolute Gasteiger partial charge is 0.489 e. The Bertz CT molecular complexity index is 408. The quantitative estimate of drug-likeness (QED) is 0.719. The Morgan fingerprint density at radius 3 is 3.07 bits per heavy atom. The monoisotopic (exact) mass is 226 g/mol. The summed E-state index contributed by atoms with van der Waals surface area (Å²) in [5, 5.41) is 0.574. The number of carbonyl (C=O) groups is 1. The number of fused-ring (bicyclic) bond motifs is 1. The molecule has 1 amide bonds. The number of hydrogen-bond donors (Lipinski definition) is 1. The van der Waals surface area contributed by atoms with Crippen LogP contribution in [-0.4, -0.2) is 25.6 Å². The number of rotatable bonds is 0. The van der Waals surface area contributed by atoms with Crippen molar-refractivity contribution in [2.45, 2.75) is 6.04 Å². The van der Waals surface area contributed by atoms with E-state index in [0.29, 0.717) is 16.5 Å². The number of hydrogen-bond acceptors (Lipinski definition) is 3. The number of amides is 1. The fourth-order valence-electron chi connectivity index (χ4n) is 1.50. The van der Waals surface area contributed by atoms with Gasteiger partial charge in [-0.3, -0.25) is 4.79 Å². The van der Waals surface area contributed by atoms with E-state index in [9.17, 15) is 4.79 Å². The van der Waals surface area contributed by atoms with Crippen molar-refractivity contribution in [1.29, 1.82) is 0 Å². The molecule has 1 aliphatic rings. The van der Waals surface area contributed by atoms with Crippen LogP contribution in [0.3, 0.4) is 0 Å². The smallest absolute Gasteiger partial charge is 0.247 e. The molecule has 0 saturated heterocycles. The third-order valence-corrected chi connectivity index (χ3v) is 2.58. The summed E-state index contributed by atoms with van der Waals surface area (Å²) >= 11 is 5.84. The standard InChI is InChI=1S/C10H11ClN2O2/c1-13-8-3-2-6(11)4-9(8)15-5-7(12)10(13)14/h2-4,7H,5,12H2,1H3/t7-/m0/s1. The van der Waals surface area contributed by atoms with E-state index in [4.69, 9.17) is 22.1 Å². The van der Waals surface area contributed by atoms with Gasteiger partial charge in [-0.05, 0) is 12.1 Å². The summed E-state index contributed by atoms with van der Waals surface area (Å²) in [7, 11) is 1.67. The average Bonchev–Trinajstić information content (AvgIpc) is 2.32. The van der Waals surface area contributed by atoms with Gasteiger partial charge in [0.2, 0.25) is 5.91 Å². The van der Waals surface area contributed by atoms with Gasteiger partial charge in [0, 0.05) is 18.1 Å². The maximum atomic E-state index is 11.7. The summed E-state index contributed by atoms with van der Waals surface area (Å²) in [6, 6.07) is 4.51. The van der Waals surface area contributed by atoms with Gasteiger partial charge >= 0.3 is 0 Å². The summed E-state index contributed by atoms with van der Waals surface area (Å²) < 4.78 is 5.41. The van der Waals surface area contributed by atoms with Gasteiger partial charge in [-0.25, -0.2) is 0 Å². The second-order valence-corrected chi connectivity index (χ2v) is 3.86. The van der Waals surface area contributed by atoms with Gasteiger partial charge in [-0.1, -0.05) is 11.6 Å². The van der Waals surface area contributed by atoms with E-state index in [1.165, 1.54) is 4.90 Å². The molecule has 0 aliphatic carbocycles. The Morgan fingerprint density at radius 2 is 2.33 bits per heavy atom. The molecule has 1 heterocycles. The van der Waals surface area contributed by atoms with Gasteiger partial charge < -0.3 is 15.4 Å². The third kappa shape index (κ3) is 1.78. The Labute approximate surface area is 92.6 Å². The molecular formula is C10H11ClN2O2. The number of likely N-dealkylation sites (N-methyl/N-ethyl adjacent to an activating group) is 1. The highest BCUT2D eigenvalue weighted by molar-refractivity contribution is 6.30. The molecule has 2 N–H and O–H groups in total. The summed E-state index contributed by atoms with van der Waals surface area (Å²) in [5.41, 5.74) is 6.33. The molecule has 2 rings (SSSR count). The van der Waals surface area contributed by atoms with E-state index < -0.39 is 6.04 Å². The van der Waals surface area contributed by atoms with Crippen LogP contribution >= 0.6 is 11.6 Å². The van der Waals surface area contributed by atoms with Gasteiger partial charge in [0.05, 0.1) is 5.69 Å². The minimum Gasteiger partial charge on any atom is -0.489 e. The highest BCUT2D eigenvalue weighted by Crippen LogP contribution is 2.32. The fourth-order valence-corrected chi connectivity index (χ4v) is 1.66. The summed E-state index contributed by atoms with van der Waals surface area (Å²) in [6.07, 6.45) is 0. The Morgan fingerprint density at radius 1 is 1.60 bits per heavy atom. The zero-order valence-corrected chi connectivity index (χ0v) is 8.99. The molecule has 0 saturated carbocycles. The molecule has 0 bridgehead atoms. The fraction of sp³-hybridized carbons (Fsp3) is 0.300. The minimum absolute atomic E-state index is 0.156. The van der Waals surface area contributed by atoms with Gasteiger partial charge in [-0.15, -0.1) is 0 Å². The number of nitrogens with zero attached hydrogens (tertiary/aromatic N) is 1. The molecule has 15 heavy (non-hydrogen) atoms. The van der Waals surface area contributed by atoms with Crippen LogP contribution in [0.15, 0.2) is 18.2 Å². The molecule has 5 heteroatoms. The first kappa shape index (κ1) is 10.3. The second-order valence-electron chi connectivity index (χ2n) is 3.43. The Balaban J connectivity index is 2.47. The number of anilines is 1. The van der Waals surface area contributed by atoms with Crippen LogP contribution in [0, 0.1) is 0 Å². The first-order valence-electron chi connectivity index (χ1n) is 4.55. The van der Waals surface area contributed by atoms with Crippen molar-refractivity contribution in [2.75, 3.05) is 18.6 Å². The normalized spacial score (nSPS) is 20.6. The van der Waals surface area contributed by atoms with Crippen LogP contribution in [0.2, 0.25) is 5.02 Å². The van der Waals surface area contributed by atoms with Gasteiger partial charge in [0.25, 0.3) is 0 Å². The van der Waals surface area contributed by atoms with E-state index >= 15 is 0 Å². The lowest BCUT2D eigenvalue weighted by Gasteiger charge is -2.17. The molecule has 1 aromatic rings. The maximum absolute atomic E-state index is 11.7. The Kier molecular flexibility index (Phi) is 2.54. The Hall–Kier alpha value is -1.26. The van der Waals surface area contributed by atoms with Crippen molar-refractivity contribution in [3.8, 4) is 5.75 Å². The number of ether oxygens (including phenoxy) is 1. The highest BCUT2D eigenvalue weighted by Gasteiger charge is 2.26. The van der Waals surface area contributed by atoms with Crippen LogP contribution in [0.5, 0.6) is 5.75 Å². The van der Waals surface area contributed by atoms with E-state index in [1.807, 2.05) is 0 Å². The van der Waals surface area contributed by atoms with E-state index in [2.05, 4.69) is 0 Å². The molecule has 4 nitrogen and oxygen atoms in total. The van der Waals surface area contributed by atoms with E-state index in [1.54, 1.807) is 25.2 Å². The van der Waals surface area contributed by atoms with Crippen molar-refractivity contribution >= 4 is 23.2 Å². The lowest BCUT2D eigenvalue weighted by molar-refractivity contribution is -0.119. The first-order valence-corrected chi connectivity index (χ1v) is 4.93. The maximum Gasteiger partial charge on any atom is 0.247 e. The molecule has 1 aliphatic heterocycles. The molecule has 0 aromatic heterocycles. The molecule has 0 spiro atoms.